The fourth-order valence-electron chi connectivity index (χ4n) is 3.56. The number of nitrogens with zero attached hydrogens (tertiary/aromatic N) is 1. The van der Waals surface area contributed by atoms with Crippen molar-refractivity contribution < 1.29 is 14.4 Å². The summed E-state index contributed by atoms with van der Waals surface area (Å²) in [5.41, 5.74) is 3.34. The number of benzene rings is 3. The van der Waals surface area contributed by atoms with Crippen molar-refractivity contribution in [3.63, 3.8) is 0 Å². The van der Waals surface area contributed by atoms with Crippen molar-refractivity contribution in [2.75, 3.05) is 10.2 Å². The van der Waals surface area contributed by atoms with E-state index in [4.69, 9.17) is 23.2 Å². The summed E-state index contributed by atoms with van der Waals surface area (Å²) < 4.78 is 0. The average molecular weight is 439 g/mol. The van der Waals surface area contributed by atoms with Crippen molar-refractivity contribution in [1.82, 2.24) is 0 Å². The largest absolute Gasteiger partial charge is 0.322 e. The second kappa shape index (κ2) is 7.59. The topological polar surface area (TPSA) is 66.5 Å². The van der Waals surface area contributed by atoms with Crippen LogP contribution in [0.2, 0.25) is 10.0 Å². The van der Waals surface area contributed by atoms with Crippen LogP contribution in [0, 0.1) is 13.8 Å². The second-order valence-corrected chi connectivity index (χ2v) is 7.92. The monoisotopic (exact) mass is 438 g/mol. The van der Waals surface area contributed by atoms with Gasteiger partial charge < -0.3 is 5.32 Å². The number of hydrogen-bond donors (Lipinski definition) is 1. The quantitative estimate of drug-likeness (QED) is 0.536. The van der Waals surface area contributed by atoms with Crippen LogP contribution in [0.5, 0.6) is 0 Å². The van der Waals surface area contributed by atoms with E-state index in [2.05, 4.69) is 5.32 Å². The number of imide groups is 1. The predicted molar refractivity (Wildman–Crippen MR) is 118 cm³/mol. The molecule has 0 fully saturated rings. The molecule has 0 aliphatic carbocycles. The molecular weight excluding hydrogens is 423 g/mol. The van der Waals surface area contributed by atoms with E-state index in [9.17, 15) is 14.4 Å². The molecule has 0 unspecified atom stereocenters. The number of nitrogens with one attached hydrogen (secondary N) is 1. The molecule has 7 heteroatoms. The first-order chi connectivity index (χ1) is 14.3. The summed E-state index contributed by atoms with van der Waals surface area (Å²) in [4.78, 5) is 39.9. The number of rotatable bonds is 3. The molecule has 0 radical (unpaired) electrons. The molecule has 0 saturated heterocycles. The summed E-state index contributed by atoms with van der Waals surface area (Å²) in [6.45, 7) is 3.87. The minimum atomic E-state index is -0.555. The van der Waals surface area contributed by atoms with Crippen LogP contribution in [0.15, 0.2) is 54.6 Å². The van der Waals surface area contributed by atoms with Gasteiger partial charge in [0.25, 0.3) is 17.7 Å². The molecule has 1 heterocycles. The maximum absolute atomic E-state index is 13.0. The fraction of sp³-hybridized carbons (Fsp3) is 0.0870. The zero-order valence-corrected chi connectivity index (χ0v) is 17.6. The van der Waals surface area contributed by atoms with Gasteiger partial charge in [-0.3, -0.25) is 14.4 Å². The summed E-state index contributed by atoms with van der Waals surface area (Å²) >= 11 is 12.0. The predicted octanol–water partition coefficient (Wildman–Crippen LogP) is 5.66. The Hall–Kier alpha value is -3.15. The molecule has 0 saturated carbocycles. The van der Waals surface area contributed by atoms with Gasteiger partial charge in [0.1, 0.15) is 0 Å². The van der Waals surface area contributed by atoms with Gasteiger partial charge in [-0.05, 0) is 61.4 Å². The zero-order valence-electron chi connectivity index (χ0n) is 16.1. The van der Waals surface area contributed by atoms with Gasteiger partial charge in [0.2, 0.25) is 0 Å². The van der Waals surface area contributed by atoms with E-state index in [0.29, 0.717) is 5.69 Å². The number of aryl methyl sites for hydroxylation is 2. The Bertz CT molecular complexity index is 1180. The van der Waals surface area contributed by atoms with Crippen LogP contribution < -0.4 is 10.2 Å². The van der Waals surface area contributed by atoms with Crippen molar-refractivity contribution in [3.8, 4) is 0 Å². The molecule has 1 aliphatic rings. The van der Waals surface area contributed by atoms with Crippen LogP contribution >= 0.6 is 23.2 Å². The van der Waals surface area contributed by atoms with E-state index in [-0.39, 0.29) is 32.4 Å². The Morgan fingerprint density at radius 3 is 1.93 bits per heavy atom. The van der Waals surface area contributed by atoms with E-state index < -0.39 is 17.7 Å². The van der Waals surface area contributed by atoms with Gasteiger partial charge in [-0.1, -0.05) is 41.4 Å². The van der Waals surface area contributed by atoms with Crippen molar-refractivity contribution in [2.24, 2.45) is 0 Å². The van der Waals surface area contributed by atoms with Gasteiger partial charge in [-0.2, -0.15) is 0 Å². The van der Waals surface area contributed by atoms with E-state index in [1.165, 1.54) is 12.1 Å². The number of carbonyl (C=O) groups excluding carboxylic acids is 3. The number of para-hydroxylation sites is 1. The minimum Gasteiger partial charge on any atom is -0.322 e. The molecule has 1 N–H and O–H groups in total. The first-order valence-electron chi connectivity index (χ1n) is 9.13. The number of carbonyl (C=O) groups is 3. The van der Waals surface area contributed by atoms with Gasteiger partial charge in [0.05, 0.1) is 32.4 Å². The normalized spacial score (nSPS) is 12.9. The van der Waals surface area contributed by atoms with Crippen LogP contribution in [0.25, 0.3) is 0 Å². The van der Waals surface area contributed by atoms with Crippen LogP contribution in [0.1, 0.15) is 42.2 Å². The molecule has 0 atom stereocenters. The average Bonchev–Trinajstić information content (AvgIpc) is 2.91. The highest BCUT2D eigenvalue weighted by molar-refractivity contribution is 6.44. The highest BCUT2D eigenvalue weighted by Gasteiger charge is 2.39. The lowest BCUT2D eigenvalue weighted by Gasteiger charge is -2.18. The standard InChI is InChI=1S/C23H16Cl2N2O3/c1-12-7-13(2)9-14(8-12)26-21(28)15-5-3-4-6-20(15)27-22(29)16-10-18(24)19(25)11-17(16)23(27)30/h3-11H,1-2H3,(H,26,28). The molecule has 5 nitrogen and oxygen atoms in total. The molecule has 30 heavy (non-hydrogen) atoms. The highest BCUT2D eigenvalue weighted by Crippen LogP contribution is 2.35. The third-order valence-electron chi connectivity index (χ3n) is 4.80. The van der Waals surface area contributed by atoms with Gasteiger partial charge >= 0.3 is 0 Å². The number of fused-ring (bicyclic) bond motifs is 1. The van der Waals surface area contributed by atoms with Crippen LogP contribution in [0.3, 0.4) is 0 Å². The number of anilines is 2. The molecule has 0 bridgehead atoms. The molecule has 3 amide bonds. The third-order valence-corrected chi connectivity index (χ3v) is 5.52. The molecule has 3 aromatic rings. The fourth-order valence-corrected chi connectivity index (χ4v) is 3.89. The Labute approximate surface area is 183 Å². The zero-order chi connectivity index (χ0) is 21.6. The number of hydrogen-bond acceptors (Lipinski definition) is 3. The molecule has 4 rings (SSSR count). The lowest BCUT2D eigenvalue weighted by molar-refractivity contribution is 0.0926. The second-order valence-electron chi connectivity index (χ2n) is 7.11. The molecule has 3 aromatic carbocycles. The Kier molecular flexibility index (Phi) is 5.10. The molecule has 0 spiro atoms. The van der Waals surface area contributed by atoms with E-state index in [1.54, 1.807) is 24.3 Å². The molecule has 1 aliphatic heterocycles. The third kappa shape index (κ3) is 3.47. The van der Waals surface area contributed by atoms with Gasteiger partial charge in [-0.25, -0.2) is 4.90 Å². The van der Waals surface area contributed by atoms with Crippen molar-refractivity contribution in [3.05, 3.63) is 92.5 Å². The van der Waals surface area contributed by atoms with E-state index in [0.717, 1.165) is 16.0 Å². The molecule has 0 aromatic heterocycles. The molecular formula is C23H16Cl2N2O3. The van der Waals surface area contributed by atoms with Crippen molar-refractivity contribution >= 4 is 52.3 Å². The number of amides is 3. The van der Waals surface area contributed by atoms with Crippen LogP contribution in [0.4, 0.5) is 11.4 Å². The first kappa shape index (κ1) is 20.1. The van der Waals surface area contributed by atoms with Crippen molar-refractivity contribution in [1.29, 1.82) is 0 Å². The minimum absolute atomic E-state index is 0.152. The maximum atomic E-state index is 13.0. The van der Waals surface area contributed by atoms with Gasteiger partial charge in [0, 0.05) is 5.69 Å². The molecule has 150 valence electrons. The summed E-state index contributed by atoms with van der Waals surface area (Å²) in [7, 11) is 0. The smallest absolute Gasteiger partial charge is 0.266 e. The van der Waals surface area contributed by atoms with Crippen LogP contribution in [-0.2, 0) is 0 Å². The van der Waals surface area contributed by atoms with E-state index >= 15 is 0 Å². The lowest BCUT2D eigenvalue weighted by atomic mass is 10.1. The lowest BCUT2D eigenvalue weighted by Crippen LogP contribution is -2.31. The Balaban J connectivity index is 1.73. The Morgan fingerprint density at radius 2 is 1.37 bits per heavy atom. The maximum Gasteiger partial charge on any atom is 0.266 e. The van der Waals surface area contributed by atoms with Crippen LogP contribution in [-0.4, -0.2) is 17.7 Å². The summed E-state index contributed by atoms with van der Waals surface area (Å²) in [5.74, 6) is -1.54. The summed E-state index contributed by atoms with van der Waals surface area (Å²) in [6.07, 6.45) is 0. The van der Waals surface area contributed by atoms with Gasteiger partial charge in [-0.15, -0.1) is 0 Å². The Morgan fingerprint density at radius 1 is 0.833 bits per heavy atom. The number of halogens is 2. The SMILES string of the molecule is Cc1cc(C)cc(NC(=O)c2ccccc2N2C(=O)c3cc(Cl)c(Cl)cc3C2=O)c1. The van der Waals surface area contributed by atoms with Gasteiger partial charge in [0.15, 0.2) is 0 Å². The highest BCUT2D eigenvalue weighted by atomic mass is 35.5. The summed E-state index contributed by atoms with van der Waals surface area (Å²) in [6, 6.07) is 14.9. The summed E-state index contributed by atoms with van der Waals surface area (Å²) in [5, 5.41) is 3.20. The van der Waals surface area contributed by atoms with Crippen molar-refractivity contribution in [2.45, 2.75) is 13.8 Å². The first-order valence-corrected chi connectivity index (χ1v) is 9.88. The van der Waals surface area contributed by atoms with E-state index in [1.807, 2.05) is 32.0 Å².